The summed E-state index contributed by atoms with van der Waals surface area (Å²) in [5, 5.41) is 0. The maximum absolute atomic E-state index is 5.75. The van der Waals surface area contributed by atoms with Crippen LogP contribution < -0.4 is 10.5 Å². The van der Waals surface area contributed by atoms with E-state index in [1.807, 2.05) is 31.2 Å². The molecule has 74 valence electrons. The van der Waals surface area contributed by atoms with Crippen LogP contribution in [0.15, 0.2) is 24.3 Å². The lowest BCUT2D eigenvalue weighted by Crippen LogP contribution is -2.05. The van der Waals surface area contributed by atoms with E-state index in [1.165, 1.54) is 0 Å². The summed E-state index contributed by atoms with van der Waals surface area (Å²) in [6, 6.07) is 7.82. The molecule has 2 nitrogen and oxygen atoms in total. The third-order valence-corrected chi connectivity index (χ3v) is 1.87. The molecule has 0 aliphatic heterocycles. The summed E-state index contributed by atoms with van der Waals surface area (Å²) in [7, 11) is 0. The van der Waals surface area contributed by atoms with Gasteiger partial charge in [0, 0.05) is 6.04 Å². The number of ether oxygens (including phenoxy) is 1. The molecule has 2 heteroatoms. The van der Waals surface area contributed by atoms with Crippen LogP contribution in [0.3, 0.4) is 0 Å². The van der Waals surface area contributed by atoms with Crippen LogP contribution in [-0.2, 0) is 0 Å². The first-order valence-corrected chi connectivity index (χ1v) is 4.62. The minimum atomic E-state index is 0.0378. The average Bonchev–Trinajstić information content (AvgIpc) is 2.19. The molecule has 0 bridgehead atoms. The second-order valence-corrected chi connectivity index (χ2v) is 3.08. The average molecular weight is 189 g/mol. The molecule has 1 aromatic carbocycles. The van der Waals surface area contributed by atoms with E-state index in [-0.39, 0.29) is 6.04 Å². The highest BCUT2D eigenvalue weighted by atomic mass is 16.5. The van der Waals surface area contributed by atoms with Crippen LogP contribution in [0.25, 0.3) is 0 Å². The van der Waals surface area contributed by atoms with Crippen molar-refractivity contribution in [3.05, 3.63) is 29.8 Å². The van der Waals surface area contributed by atoms with Gasteiger partial charge in [0.05, 0.1) is 0 Å². The van der Waals surface area contributed by atoms with Crippen molar-refractivity contribution in [3.63, 3.8) is 0 Å². The lowest BCUT2D eigenvalue weighted by Gasteiger charge is -2.07. The summed E-state index contributed by atoms with van der Waals surface area (Å²) in [6.45, 7) is 4.17. The van der Waals surface area contributed by atoms with Crippen molar-refractivity contribution in [1.82, 2.24) is 0 Å². The van der Waals surface area contributed by atoms with Crippen LogP contribution in [0.5, 0.6) is 5.75 Å². The SMILES string of the molecule is CC#CCOc1cccc(C(C)N)c1. The fraction of sp³-hybridized carbons (Fsp3) is 0.333. The number of hydrogen-bond donors (Lipinski definition) is 1. The van der Waals surface area contributed by atoms with Gasteiger partial charge in [-0.2, -0.15) is 0 Å². The Hall–Kier alpha value is -1.46. The van der Waals surface area contributed by atoms with E-state index in [2.05, 4.69) is 11.8 Å². The fourth-order valence-electron chi connectivity index (χ4n) is 1.08. The summed E-state index contributed by atoms with van der Waals surface area (Å²) >= 11 is 0. The molecule has 0 aliphatic carbocycles. The van der Waals surface area contributed by atoms with Crippen LogP contribution in [0, 0.1) is 11.8 Å². The molecular weight excluding hydrogens is 174 g/mol. The van der Waals surface area contributed by atoms with E-state index >= 15 is 0 Å². The zero-order chi connectivity index (χ0) is 10.4. The maximum atomic E-state index is 5.75. The summed E-state index contributed by atoms with van der Waals surface area (Å²) in [6.07, 6.45) is 0. The molecule has 0 amide bonds. The molecule has 0 fully saturated rings. The van der Waals surface area contributed by atoms with Gasteiger partial charge in [-0.05, 0) is 31.5 Å². The standard InChI is InChI=1S/C12H15NO/c1-3-4-8-14-12-7-5-6-11(9-12)10(2)13/h5-7,9-10H,8,13H2,1-2H3. The Morgan fingerprint density at radius 1 is 1.50 bits per heavy atom. The highest BCUT2D eigenvalue weighted by Crippen LogP contribution is 2.17. The van der Waals surface area contributed by atoms with Crippen LogP contribution >= 0.6 is 0 Å². The van der Waals surface area contributed by atoms with E-state index in [1.54, 1.807) is 6.92 Å². The molecule has 1 unspecified atom stereocenters. The quantitative estimate of drug-likeness (QED) is 0.739. The first-order valence-electron chi connectivity index (χ1n) is 4.62. The maximum Gasteiger partial charge on any atom is 0.149 e. The molecule has 0 radical (unpaired) electrons. The molecule has 0 saturated carbocycles. The van der Waals surface area contributed by atoms with Crippen molar-refractivity contribution in [3.8, 4) is 17.6 Å². The third kappa shape index (κ3) is 3.12. The van der Waals surface area contributed by atoms with Gasteiger partial charge in [-0.15, -0.1) is 5.92 Å². The summed E-state index contributed by atoms with van der Waals surface area (Å²) < 4.78 is 5.41. The van der Waals surface area contributed by atoms with Crippen LogP contribution in [0.2, 0.25) is 0 Å². The van der Waals surface area contributed by atoms with Gasteiger partial charge in [-0.3, -0.25) is 0 Å². The Balaban J connectivity index is 2.67. The summed E-state index contributed by atoms with van der Waals surface area (Å²) in [5.74, 6) is 6.44. The van der Waals surface area contributed by atoms with Crippen molar-refractivity contribution in [2.24, 2.45) is 5.73 Å². The van der Waals surface area contributed by atoms with E-state index in [0.717, 1.165) is 11.3 Å². The van der Waals surface area contributed by atoms with Crippen LogP contribution in [0.1, 0.15) is 25.5 Å². The minimum absolute atomic E-state index is 0.0378. The van der Waals surface area contributed by atoms with Crippen molar-refractivity contribution >= 4 is 0 Å². The highest BCUT2D eigenvalue weighted by molar-refractivity contribution is 5.30. The fourth-order valence-corrected chi connectivity index (χ4v) is 1.08. The molecular formula is C12H15NO. The molecule has 1 aromatic rings. The van der Waals surface area contributed by atoms with Gasteiger partial charge in [0.2, 0.25) is 0 Å². The third-order valence-electron chi connectivity index (χ3n) is 1.87. The minimum Gasteiger partial charge on any atom is -0.481 e. The molecule has 0 heterocycles. The zero-order valence-corrected chi connectivity index (χ0v) is 8.58. The van der Waals surface area contributed by atoms with Gasteiger partial charge >= 0.3 is 0 Å². The lowest BCUT2D eigenvalue weighted by molar-refractivity contribution is 0.369. The predicted octanol–water partition coefficient (Wildman–Crippen LogP) is 2.11. The molecule has 0 aromatic heterocycles. The van der Waals surface area contributed by atoms with Crippen molar-refractivity contribution in [2.75, 3.05) is 6.61 Å². The van der Waals surface area contributed by atoms with Gasteiger partial charge in [0.1, 0.15) is 12.4 Å². The van der Waals surface area contributed by atoms with E-state index < -0.39 is 0 Å². The molecule has 0 aliphatic rings. The Morgan fingerprint density at radius 2 is 2.29 bits per heavy atom. The summed E-state index contributed by atoms with van der Waals surface area (Å²) in [4.78, 5) is 0. The monoisotopic (exact) mass is 189 g/mol. The van der Waals surface area contributed by atoms with Gasteiger partial charge in [0.25, 0.3) is 0 Å². The Labute approximate surface area is 85.1 Å². The van der Waals surface area contributed by atoms with Crippen molar-refractivity contribution in [1.29, 1.82) is 0 Å². The molecule has 2 N–H and O–H groups in total. The van der Waals surface area contributed by atoms with Crippen molar-refractivity contribution in [2.45, 2.75) is 19.9 Å². The Morgan fingerprint density at radius 3 is 2.93 bits per heavy atom. The van der Waals surface area contributed by atoms with Gasteiger partial charge in [-0.1, -0.05) is 18.1 Å². The molecule has 0 saturated heterocycles. The lowest BCUT2D eigenvalue weighted by atomic mass is 10.1. The first-order chi connectivity index (χ1) is 6.74. The van der Waals surface area contributed by atoms with Gasteiger partial charge in [-0.25, -0.2) is 0 Å². The van der Waals surface area contributed by atoms with Crippen LogP contribution in [0.4, 0.5) is 0 Å². The van der Waals surface area contributed by atoms with E-state index in [9.17, 15) is 0 Å². The van der Waals surface area contributed by atoms with Gasteiger partial charge in [0.15, 0.2) is 0 Å². The first kappa shape index (κ1) is 10.6. The Bertz CT molecular complexity index is 347. The van der Waals surface area contributed by atoms with Crippen LogP contribution in [-0.4, -0.2) is 6.61 Å². The number of benzene rings is 1. The second-order valence-electron chi connectivity index (χ2n) is 3.08. The van der Waals surface area contributed by atoms with Crippen molar-refractivity contribution < 1.29 is 4.74 Å². The topological polar surface area (TPSA) is 35.2 Å². The molecule has 0 spiro atoms. The number of hydrogen-bond acceptors (Lipinski definition) is 2. The molecule has 1 atom stereocenters. The summed E-state index contributed by atoms with van der Waals surface area (Å²) in [5.41, 5.74) is 6.83. The second kappa shape index (κ2) is 5.31. The van der Waals surface area contributed by atoms with E-state index in [4.69, 9.17) is 10.5 Å². The normalized spacial score (nSPS) is 11.4. The largest absolute Gasteiger partial charge is 0.481 e. The highest BCUT2D eigenvalue weighted by Gasteiger charge is 2.00. The number of rotatable bonds is 3. The van der Waals surface area contributed by atoms with E-state index in [0.29, 0.717) is 6.61 Å². The predicted molar refractivity (Wildman–Crippen MR) is 58.0 cm³/mol. The smallest absolute Gasteiger partial charge is 0.149 e. The Kier molecular flexibility index (Phi) is 4.03. The number of nitrogens with two attached hydrogens (primary N) is 1. The zero-order valence-electron chi connectivity index (χ0n) is 8.58. The molecule has 1 rings (SSSR count). The molecule has 14 heavy (non-hydrogen) atoms. The van der Waals surface area contributed by atoms with Gasteiger partial charge < -0.3 is 10.5 Å².